The molecule has 8 heteroatoms. The highest BCUT2D eigenvalue weighted by Gasteiger charge is 2.35. The van der Waals surface area contributed by atoms with Gasteiger partial charge in [-0.1, -0.05) is 17.7 Å². The number of nitrogens with one attached hydrogen (secondary N) is 1. The number of benzene rings is 1. The number of hydrogen-bond acceptors (Lipinski definition) is 5. The van der Waals surface area contributed by atoms with Gasteiger partial charge in [0, 0.05) is 35.6 Å². The summed E-state index contributed by atoms with van der Waals surface area (Å²) in [6.45, 7) is 3.42. The molecule has 0 saturated carbocycles. The van der Waals surface area contributed by atoms with Gasteiger partial charge in [0.1, 0.15) is 0 Å². The molecule has 1 aromatic heterocycles. The molecule has 6 nitrogen and oxygen atoms in total. The van der Waals surface area contributed by atoms with Crippen molar-refractivity contribution in [1.82, 2.24) is 9.88 Å². The molecule has 2 aliphatic rings. The summed E-state index contributed by atoms with van der Waals surface area (Å²) in [4.78, 5) is 33.5. The van der Waals surface area contributed by atoms with E-state index < -0.39 is 0 Å². The van der Waals surface area contributed by atoms with Crippen molar-refractivity contribution in [2.45, 2.75) is 25.8 Å². The van der Waals surface area contributed by atoms with Crippen LogP contribution in [0.25, 0.3) is 0 Å². The Bertz CT molecular complexity index is 850. The van der Waals surface area contributed by atoms with Gasteiger partial charge < -0.3 is 10.2 Å². The Labute approximate surface area is 167 Å². The van der Waals surface area contributed by atoms with Crippen molar-refractivity contribution in [3.05, 3.63) is 40.4 Å². The third kappa shape index (κ3) is 4.31. The number of hydrogen-bond donors (Lipinski definition) is 1. The first-order chi connectivity index (χ1) is 13.1. The minimum absolute atomic E-state index is 0.0636. The van der Waals surface area contributed by atoms with Crippen LogP contribution >= 0.6 is 22.9 Å². The van der Waals surface area contributed by atoms with Crippen LogP contribution in [0.1, 0.15) is 25.0 Å². The van der Waals surface area contributed by atoms with Crippen molar-refractivity contribution in [2.24, 2.45) is 5.92 Å². The predicted octanol–water partition coefficient (Wildman–Crippen LogP) is 3.38. The Balaban J connectivity index is 1.36. The fourth-order valence-electron chi connectivity index (χ4n) is 3.59. The minimum Gasteiger partial charge on any atom is -0.312 e. The number of likely N-dealkylation sites (tertiary alicyclic amines) is 1. The second-order valence-electron chi connectivity index (χ2n) is 7.00. The van der Waals surface area contributed by atoms with Crippen molar-refractivity contribution in [2.75, 3.05) is 29.9 Å². The monoisotopic (exact) mass is 404 g/mol. The first kappa shape index (κ1) is 18.4. The summed E-state index contributed by atoms with van der Waals surface area (Å²) in [7, 11) is 0. The number of amides is 2. The van der Waals surface area contributed by atoms with E-state index in [1.807, 2.05) is 11.4 Å². The van der Waals surface area contributed by atoms with E-state index in [2.05, 4.69) is 15.2 Å². The zero-order valence-corrected chi connectivity index (χ0v) is 16.4. The molecule has 142 valence electrons. The van der Waals surface area contributed by atoms with Gasteiger partial charge in [0.25, 0.3) is 0 Å². The molecule has 0 radical (unpaired) electrons. The molecule has 3 heterocycles. The van der Waals surface area contributed by atoms with Crippen LogP contribution in [-0.2, 0) is 16.1 Å². The standard InChI is InChI=1S/C19H21ClN4O2S/c20-14-4-3-5-16(9-14)24-10-13(8-17(24)25)18(26)22-19-21-15(12-27-19)11-23-6-1-2-7-23/h3-5,9,12-13H,1-2,6-8,10-11H2,(H,21,22,26)/t13-/m0/s1. The van der Waals surface area contributed by atoms with Gasteiger partial charge in [0.15, 0.2) is 5.13 Å². The largest absolute Gasteiger partial charge is 0.312 e. The summed E-state index contributed by atoms with van der Waals surface area (Å²) in [5.41, 5.74) is 1.71. The van der Waals surface area contributed by atoms with Crippen LogP contribution < -0.4 is 10.2 Å². The van der Waals surface area contributed by atoms with E-state index in [9.17, 15) is 9.59 Å². The average molecular weight is 405 g/mol. The van der Waals surface area contributed by atoms with Crippen LogP contribution in [-0.4, -0.2) is 41.3 Å². The van der Waals surface area contributed by atoms with Crippen LogP contribution in [0.2, 0.25) is 5.02 Å². The normalized spacial score (nSPS) is 20.4. The van der Waals surface area contributed by atoms with Crippen molar-refractivity contribution in [1.29, 1.82) is 0 Å². The quantitative estimate of drug-likeness (QED) is 0.829. The molecule has 2 fully saturated rings. The van der Waals surface area contributed by atoms with E-state index in [1.165, 1.54) is 24.2 Å². The van der Waals surface area contributed by atoms with E-state index in [0.29, 0.717) is 16.7 Å². The van der Waals surface area contributed by atoms with E-state index in [0.717, 1.165) is 31.0 Å². The highest BCUT2D eigenvalue weighted by atomic mass is 35.5. The van der Waals surface area contributed by atoms with Crippen LogP contribution in [0.4, 0.5) is 10.8 Å². The number of halogens is 1. The lowest BCUT2D eigenvalue weighted by atomic mass is 10.1. The maximum Gasteiger partial charge on any atom is 0.231 e. The topological polar surface area (TPSA) is 65.5 Å². The lowest BCUT2D eigenvalue weighted by Gasteiger charge is -2.16. The van der Waals surface area contributed by atoms with Crippen molar-refractivity contribution in [3.8, 4) is 0 Å². The highest BCUT2D eigenvalue weighted by Crippen LogP contribution is 2.28. The summed E-state index contributed by atoms with van der Waals surface area (Å²) in [6, 6.07) is 7.13. The molecule has 0 unspecified atom stereocenters. The van der Waals surface area contributed by atoms with Gasteiger partial charge in [-0.25, -0.2) is 4.98 Å². The number of nitrogens with zero attached hydrogens (tertiary/aromatic N) is 3. The van der Waals surface area contributed by atoms with Crippen molar-refractivity contribution < 1.29 is 9.59 Å². The maximum atomic E-state index is 12.6. The molecule has 1 aromatic carbocycles. The van der Waals surface area contributed by atoms with Crippen LogP contribution in [0.15, 0.2) is 29.6 Å². The lowest BCUT2D eigenvalue weighted by Crippen LogP contribution is -2.28. The molecular formula is C19H21ClN4O2S. The molecule has 2 aliphatic heterocycles. The Morgan fingerprint density at radius 3 is 2.93 bits per heavy atom. The van der Waals surface area contributed by atoms with Crippen LogP contribution in [0.3, 0.4) is 0 Å². The highest BCUT2D eigenvalue weighted by molar-refractivity contribution is 7.13. The third-order valence-electron chi connectivity index (χ3n) is 4.98. The fourth-order valence-corrected chi connectivity index (χ4v) is 4.48. The molecule has 0 aliphatic carbocycles. The third-order valence-corrected chi connectivity index (χ3v) is 6.02. The van der Waals surface area contributed by atoms with Crippen LogP contribution in [0.5, 0.6) is 0 Å². The molecule has 2 saturated heterocycles. The summed E-state index contributed by atoms with van der Waals surface area (Å²) >= 11 is 7.45. The summed E-state index contributed by atoms with van der Waals surface area (Å²) < 4.78 is 0. The number of anilines is 2. The van der Waals surface area contributed by atoms with Gasteiger partial charge in [0.2, 0.25) is 11.8 Å². The number of rotatable bonds is 5. The summed E-state index contributed by atoms with van der Waals surface area (Å²) in [6.07, 6.45) is 2.68. The maximum absolute atomic E-state index is 12.6. The van der Waals surface area contributed by atoms with Crippen LogP contribution in [0, 0.1) is 5.92 Å². The molecule has 1 atom stereocenters. The molecule has 0 spiro atoms. The molecule has 2 aromatic rings. The smallest absolute Gasteiger partial charge is 0.231 e. The number of thiazole rings is 1. The number of aromatic nitrogens is 1. The Kier molecular flexibility index (Phi) is 5.43. The summed E-state index contributed by atoms with van der Waals surface area (Å²) in [5.74, 6) is -0.608. The second kappa shape index (κ2) is 7.96. The van der Waals surface area contributed by atoms with E-state index in [-0.39, 0.29) is 24.2 Å². The Morgan fingerprint density at radius 1 is 1.33 bits per heavy atom. The van der Waals surface area contributed by atoms with Gasteiger partial charge in [-0.05, 0) is 44.1 Å². The van der Waals surface area contributed by atoms with E-state index in [1.54, 1.807) is 23.1 Å². The molecule has 2 amide bonds. The number of carbonyl (C=O) groups excluding carboxylic acids is 2. The first-order valence-corrected chi connectivity index (χ1v) is 10.4. The van der Waals surface area contributed by atoms with Crippen molar-refractivity contribution >= 4 is 45.6 Å². The van der Waals surface area contributed by atoms with Crippen molar-refractivity contribution in [3.63, 3.8) is 0 Å². The Hall–Kier alpha value is -1.96. The lowest BCUT2D eigenvalue weighted by molar-refractivity contribution is -0.122. The first-order valence-electron chi connectivity index (χ1n) is 9.12. The molecule has 4 rings (SSSR count). The van der Waals surface area contributed by atoms with Gasteiger partial charge in [-0.3, -0.25) is 14.5 Å². The van der Waals surface area contributed by atoms with Gasteiger partial charge in [-0.15, -0.1) is 11.3 Å². The minimum atomic E-state index is -0.387. The van der Waals surface area contributed by atoms with Gasteiger partial charge in [0.05, 0.1) is 11.6 Å². The average Bonchev–Trinajstić information content (AvgIpc) is 3.37. The van der Waals surface area contributed by atoms with E-state index >= 15 is 0 Å². The molecular weight excluding hydrogens is 384 g/mol. The predicted molar refractivity (Wildman–Crippen MR) is 107 cm³/mol. The van der Waals surface area contributed by atoms with E-state index in [4.69, 9.17) is 11.6 Å². The van der Waals surface area contributed by atoms with Gasteiger partial charge in [-0.2, -0.15) is 0 Å². The van der Waals surface area contributed by atoms with Gasteiger partial charge >= 0.3 is 0 Å². The summed E-state index contributed by atoms with van der Waals surface area (Å²) in [5, 5.41) is 6.04. The zero-order valence-electron chi connectivity index (χ0n) is 14.9. The SMILES string of the molecule is O=C(Nc1nc(CN2CCCC2)cs1)[C@H]1CC(=O)N(c2cccc(Cl)c2)C1. The Morgan fingerprint density at radius 2 is 2.15 bits per heavy atom. The zero-order chi connectivity index (χ0) is 18.8. The fraction of sp³-hybridized carbons (Fsp3) is 0.421. The second-order valence-corrected chi connectivity index (χ2v) is 8.30. The molecule has 0 bridgehead atoms. The molecule has 1 N–H and O–H groups in total. The number of carbonyl (C=O) groups is 2. The molecule has 27 heavy (non-hydrogen) atoms.